The molecule has 3 rings (SSSR count). The number of carbonyl (C=O) groups is 1. The van der Waals surface area contributed by atoms with Crippen LogP contribution in [0.1, 0.15) is 16.1 Å². The van der Waals surface area contributed by atoms with E-state index in [1.165, 1.54) is 42.5 Å². The second kappa shape index (κ2) is 8.41. The maximum absolute atomic E-state index is 12.1. The van der Waals surface area contributed by atoms with Gasteiger partial charge in [-0.25, -0.2) is 5.43 Å². The quantitative estimate of drug-likeness (QED) is 0.340. The van der Waals surface area contributed by atoms with Crippen LogP contribution in [0.3, 0.4) is 0 Å². The number of para-hydroxylation sites is 1. The molecule has 0 aliphatic heterocycles. The fourth-order valence-corrected chi connectivity index (χ4v) is 2.67. The summed E-state index contributed by atoms with van der Waals surface area (Å²) in [4.78, 5) is 32.4. The molecule has 11 nitrogen and oxygen atoms in total. The minimum Gasteiger partial charge on any atom is -0.502 e. The molecule has 1 aromatic heterocycles. The van der Waals surface area contributed by atoms with E-state index in [4.69, 9.17) is 16.0 Å². The average molecular weight is 431 g/mol. The van der Waals surface area contributed by atoms with Gasteiger partial charge in [0.1, 0.15) is 11.5 Å². The van der Waals surface area contributed by atoms with E-state index in [0.717, 1.165) is 12.3 Å². The van der Waals surface area contributed by atoms with Crippen molar-refractivity contribution < 1.29 is 24.2 Å². The SMILES string of the molecule is O=C(N/N=C\c1ccc(-c2cc([N+](=O)[O-])ccc2Cl)o1)c1cccc([N+](=O)[O-])c1O. The number of hydrazone groups is 1. The Kier molecular flexibility index (Phi) is 5.74. The molecular weight excluding hydrogens is 420 g/mol. The molecular formula is C18H11ClN4O7. The van der Waals surface area contributed by atoms with E-state index >= 15 is 0 Å². The lowest BCUT2D eigenvalue weighted by molar-refractivity contribution is -0.385. The molecule has 0 atom stereocenters. The topological polar surface area (TPSA) is 161 Å². The zero-order valence-corrected chi connectivity index (χ0v) is 15.6. The van der Waals surface area contributed by atoms with Crippen LogP contribution < -0.4 is 5.43 Å². The minimum absolute atomic E-state index is 0.162. The van der Waals surface area contributed by atoms with Crippen molar-refractivity contribution in [3.05, 3.63) is 85.1 Å². The van der Waals surface area contributed by atoms with Crippen LogP contribution in [0.15, 0.2) is 58.0 Å². The number of phenolic OH excluding ortho intramolecular Hbond substituents is 1. The van der Waals surface area contributed by atoms with Crippen molar-refractivity contribution in [2.75, 3.05) is 0 Å². The Hall–Kier alpha value is -4.25. The predicted octanol–water partition coefficient (Wildman–Crippen LogP) is 3.89. The molecule has 0 saturated heterocycles. The lowest BCUT2D eigenvalue weighted by atomic mass is 10.1. The number of rotatable bonds is 6. The molecule has 3 aromatic rings. The normalized spacial score (nSPS) is 10.8. The van der Waals surface area contributed by atoms with Gasteiger partial charge < -0.3 is 9.52 Å². The third-order valence-electron chi connectivity index (χ3n) is 3.87. The minimum atomic E-state index is -0.874. The monoisotopic (exact) mass is 430 g/mol. The molecule has 0 unspecified atom stereocenters. The highest BCUT2D eigenvalue weighted by molar-refractivity contribution is 6.33. The van der Waals surface area contributed by atoms with Gasteiger partial charge in [-0.1, -0.05) is 17.7 Å². The Balaban J connectivity index is 1.75. The highest BCUT2D eigenvalue weighted by Crippen LogP contribution is 2.32. The smallest absolute Gasteiger partial charge is 0.311 e. The van der Waals surface area contributed by atoms with Gasteiger partial charge in [-0.2, -0.15) is 5.10 Å². The number of nitro groups is 2. The number of non-ortho nitro benzene ring substituents is 1. The van der Waals surface area contributed by atoms with E-state index in [2.05, 4.69) is 10.5 Å². The lowest BCUT2D eigenvalue weighted by Crippen LogP contribution is -2.17. The van der Waals surface area contributed by atoms with E-state index < -0.39 is 27.2 Å². The molecule has 1 amide bonds. The summed E-state index contributed by atoms with van der Waals surface area (Å²) in [6.45, 7) is 0. The molecule has 152 valence electrons. The van der Waals surface area contributed by atoms with E-state index in [9.17, 15) is 30.1 Å². The van der Waals surface area contributed by atoms with Crippen molar-refractivity contribution in [1.82, 2.24) is 5.43 Å². The lowest BCUT2D eigenvalue weighted by Gasteiger charge is -2.03. The molecule has 0 saturated carbocycles. The Morgan fingerprint density at radius 3 is 2.60 bits per heavy atom. The number of aromatic hydroxyl groups is 1. The summed E-state index contributed by atoms with van der Waals surface area (Å²) in [5.41, 5.74) is 1.31. The van der Waals surface area contributed by atoms with Gasteiger partial charge in [0.05, 0.1) is 26.6 Å². The molecule has 12 heteroatoms. The third-order valence-corrected chi connectivity index (χ3v) is 4.20. The van der Waals surface area contributed by atoms with Crippen LogP contribution in [-0.4, -0.2) is 27.1 Å². The van der Waals surface area contributed by atoms with E-state index in [0.29, 0.717) is 5.56 Å². The molecule has 2 aromatic carbocycles. The first-order valence-electron chi connectivity index (χ1n) is 8.12. The second-order valence-electron chi connectivity index (χ2n) is 5.75. The number of furan rings is 1. The van der Waals surface area contributed by atoms with Gasteiger partial charge >= 0.3 is 5.69 Å². The number of amides is 1. The largest absolute Gasteiger partial charge is 0.502 e. The molecule has 30 heavy (non-hydrogen) atoms. The highest BCUT2D eigenvalue weighted by Gasteiger charge is 2.20. The fourth-order valence-electron chi connectivity index (χ4n) is 2.46. The number of nitrogens with zero attached hydrogens (tertiary/aromatic N) is 3. The standard InChI is InChI=1S/C18H11ClN4O7/c19-14-6-4-10(22(26)27)8-13(14)16-7-5-11(30-16)9-20-21-18(25)12-2-1-3-15(17(12)24)23(28)29/h1-9,24H,(H,21,25)/b20-9-. The molecule has 0 aliphatic rings. The number of nitrogens with one attached hydrogen (secondary N) is 1. The first-order valence-corrected chi connectivity index (χ1v) is 8.49. The molecule has 0 fully saturated rings. The first kappa shape index (κ1) is 20.5. The number of halogens is 1. The van der Waals surface area contributed by atoms with Gasteiger partial charge in [-0.15, -0.1) is 0 Å². The number of phenols is 1. The van der Waals surface area contributed by atoms with Crippen LogP contribution >= 0.6 is 11.6 Å². The summed E-state index contributed by atoms with van der Waals surface area (Å²) in [5, 5.41) is 35.5. The van der Waals surface area contributed by atoms with Crippen LogP contribution in [0.5, 0.6) is 5.75 Å². The first-order chi connectivity index (χ1) is 14.3. The fraction of sp³-hybridized carbons (Fsp3) is 0. The molecule has 0 spiro atoms. The van der Waals surface area contributed by atoms with Crippen LogP contribution in [0, 0.1) is 20.2 Å². The summed E-state index contributed by atoms with van der Waals surface area (Å²) in [6, 6.07) is 10.4. The average Bonchev–Trinajstić information content (AvgIpc) is 3.16. The summed E-state index contributed by atoms with van der Waals surface area (Å²) < 4.78 is 5.50. The summed E-state index contributed by atoms with van der Waals surface area (Å²) in [5.74, 6) is -1.22. The van der Waals surface area contributed by atoms with Crippen LogP contribution in [-0.2, 0) is 0 Å². The van der Waals surface area contributed by atoms with Crippen LogP contribution in [0.4, 0.5) is 11.4 Å². The zero-order chi connectivity index (χ0) is 21.8. The van der Waals surface area contributed by atoms with E-state index in [1.807, 2.05) is 0 Å². The second-order valence-corrected chi connectivity index (χ2v) is 6.16. The van der Waals surface area contributed by atoms with Gasteiger partial charge in [-0.05, 0) is 24.3 Å². The number of hydrogen-bond acceptors (Lipinski definition) is 8. The van der Waals surface area contributed by atoms with Gasteiger partial charge in [0.15, 0.2) is 0 Å². The van der Waals surface area contributed by atoms with Crippen molar-refractivity contribution in [3.8, 4) is 17.1 Å². The summed E-state index contributed by atoms with van der Waals surface area (Å²) >= 11 is 6.06. The Morgan fingerprint density at radius 2 is 1.90 bits per heavy atom. The zero-order valence-electron chi connectivity index (χ0n) is 14.8. The molecule has 2 N–H and O–H groups in total. The predicted molar refractivity (Wildman–Crippen MR) is 106 cm³/mol. The number of carbonyl (C=O) groups excluding carboxylic acids is 1. The summed E-state index contributed by atoms with van der Waals surface area (Å²) in [6.07, 6.45) is 1.14. The van der Waals surface area contributed by atoms with Crippen molar-refractivity contribution >= 4 is 35.1 Å². The number of hydrogen-bond donors (Lipinski definition) is 2. The van der Waals surface area contributed by atoms with E-state index in [1.54, 1.807) is 0 Å². The van der Waals surface area contributed by atoms with Crippen molar-refractivity contribution in [2.45, 2.75) is 0 Å². The van der Waals surface area contributed by atoms with Crippen molar-refractivity contribution in [1.29, 1.82) is 0 Å². The van der Waals surface area contributed by atoms with Gasteiger partial charge in [0, 0.05) is 23.8 Å². The van der Waals surface area contributed by atoms with Crippen molar-refractivity contribution in [3.63, 3.8) is 0 Å². The van der Waals surface area contributed by atoms with Gasteiger partial charge in [0.2, 0.25) is 5.75 Å². The highest BCUT2D eigenvalue weighted by atomic mass is 35.5. The maximum atomic E-state index is 12.1. The Labute approximate surface area is 172 Å². The third kappa shape index (κ3) is 4.25. The van der Waals surface area contributed by atoms with Gasteiger partial charge in [0.25, 0.3) is 11.6 Å². The molecule has 1 heterocycles. The van der Waals surface area contributed by atoms with Gasteiger partial charge in [-0.3, -0.25) is 25.0 Å². The molecule has 0 bridgehead atoms. The Bertz CT molecular complexity index is 1190. The van der Waals surface area contributed by atoms with Crippen LogP contribution in [0.2, 0.25) is 5.02 Å². The molecule has 0 aliphatic carbocycles. The molecule has 0 radical (unpaired) electrons. The Morgan fingerprint density at radius 1 is 1.13 bits per heavy atom. The van der Waals surface area contributed by atoms with E-state index in [-0.39, 0.29) is 27.8 Å². The van der Waals surface area contributed by atoms with Crippen molar-refractivity contribution in [2.24, 2.45) is 5.10 Å². The summed E-state index contributed by atoms with van der Waals surface area (Å²) in [7, 11) is 0. The van der Waals surface area contributed by atoms with Crippen LogP contribution in [0.25, 0.3) is 11.3 Å². The maximum Gasteiger partial charge on any atom is 0.311 e. The number of benzene rings is 2. The number of nitro benzene ring substituents is 2.